The zero-order valence-corrected chi connectivity index (χ0v) is 36.3. The summed E-state index contributed by atoms with van der Waals surface area (Å²) in [6.07, 6.45) is 14.8. The summed E-state index contributed by atoms with van der Waals surface area (Å²) in [5.74, 6) is 0.107. The maximum Gasteiger partial charge on any atom is 0.264 e. The number of amides is 2. The van der Waals surface area contributed by atoms with E-state index in [1.165, 1.54) is 12.0 Å². The van der Waals surface area contributed by atoms with Crippen molar-refractivity contribution < 1.29 is 22.7 Å². The average Bonchev–Trinajstić information content (AvgIpc) is 3.85. The summed E-state index contributed by atoms with van der Waals surface area (Å²) in [6.45, 7) is 8.96. The van der Waals surface area contributed by atoms with Gasteiger partial charge in [-0.05, 0) is 131 Å². The number of likely N-dealkylation sites (tertiary alicyclic amines) is 1. The van der Waals surface area contributed by atoms with E-state index in [2.05, 4.69) is 51.1 Å². The number of hydrogen-bond donors (Lipinski definition) is 1. The molecule has 58 heavy (non-hydrogen) atoms. The summed E-state index contributed by atoms with van der Waals surface area (Å²) >= 11 is 0. The Labute approximate surface area is 344 Å². The van der Waals surface area contributed by atoms with Crippen LogP contribution in [0.1, 0.15) is 136 Å². The molecule has 3 fully saturated rings. The second kappa shape index (κ2) is 17.4. The van der Waals surface area contributed by atoms with Gasteiger partial charge in [-0.25, -0.2) is 13.1 Å². The summed E-state index contributed by atoms with van der Waals surface area (Å²) < 4.78 is 38.2. The van der Waals surface area contributed by atoms with Crippen molar-refractivity contribution >= 4 is 38.3 Å². The molecule has 1 N–H and O–H groups in total. The Bertz CT molecular complexity index is 2260. The minimum absolute atomic E-state index is 0.0370. The number of rotatable bonds is 14. The van der Waals surface area contributed by atoms with Gasteiger partial charge in [-0.3, -0.25) is 19.2 Å². The Balaban J connectivity index is 1.38. The fourth-order valence-electron chi connectivity index (χ4n) is 9.47. The van der Waals surface area contributed by atoms with Crippen molar-refractivity contribution in [3.8, 4) is 17.0 Å². The van der Waals surface area contributed by atoms with E-state index in [1.54, 1.807) is 19.4 Å². The lowest BCUT2D eigenvalue weighted by molar-refractivity contribution is 0.0753. The highest BCUT2D eigenvalue weighted by atomic mass is 32.2. The molecule has 4 aromatic rings. The topological polar surface area (TPSA) is 119 Å². The molecule has 2 amide bonds. The second-order valence-electron chi connectivity index (χ2n) is 17.4. The first-order valence-electron chi connectivity index (χ1n) is 21.4. The number of allylic oxidation sites excluding steroid dienone is 2. The number of likely N-dealkylation sites (N-methyl/N-ethyl adjacent to an activating group) is 2. The van der Waals surface area contributed by atoms with E-state index in [9.17, 15) is 18.0 Å². The highest BCUT2D eigenvalue weighted by Gasteiger charge is 2.34. The van der Waals surface area contributed by atoms with Gasteiger partial charge in [-0.1, -0.05) is 45.3 Å². The van der Waals surface area contributed by atoms with Gasteiger partial charge in [0.15, 0.2) is 0 Å². The number of hydrogen-bond acceptors (Lipinski definition) is 7. The highest BCUT2D eigenvalue weighted by Crippen LogP contribution is 2.46. The van der Waals surface area contributed by atoms with Crippen molar-refractivity contribution in [2.24, 2.45) is 5.92 Å². The second-order valence-corrected chi connectivity index (χ2v) is 19.2. The first kappa shape index (κ1) is 41.7. The lowest BCUT2D eigenvalue weighted by Gasteiger charge is -2.30. The summed E-state index contributed by atoms with van der Waals surface area (Å²) in [6, 6.07) is 14.8. The molecule has 7 rings (SSSR count). The third-order valence-electron chi connectivity index (χ3n) is 13.0. The molecule has 0 radical (unpaired) electrons. The largest absolute Gasteiger partial charge is 0.497 e. The number of nitrogens with zero attached hydrogens (tertiary/aromatic N) is 5. The lowest BCUT2D eigenvalue weighted by Crippen LogP contribution is -2.41. The van der Waals surface area contributed by atoms with Crippen LogP contribution in [-0.2, 0) is 16.6 Å². The van der Waals surface area contributed by atoms with E-state index in [4.69, 9.17) is 9.84 Å². The van der Waals surface area contributed by atoms with Crippen LogP contribution in [0.25, 0.3) is 27.7 Å². The van der Waals surface area contributed by atoms with Crippen LogP contribution in [0.3, 0.4) is 0 Å². The van der Waals surface area contributed by atoms with Crippen LogP contribution in [0.5, 0.6) is 5.75 Å². The molecule has 1 saturated heterocycles. The lowest BCUT2D eigenvalue weighted by atomic mass is 9.81. The minimum Gasteiger partial charge on any atom is -0.497 e. The van der Waals surface area contributed by atoms with Crippen LogP contribution in [0, 0.1) is 5.92 Å². The third-order valence-corrected chi connectivity index (χ3v) is 14.6. The molecule has 312 valence electrons. The van der Waals surface area contributed by atoms with E-state index >= 15 is 0 Å². The summed E-state index contributed by atoms with van der Waals surface area (Å²) in [7, 11) is 1.90. The van der Waals surface area contributed by atoms with Crippen LogP contribution in [-0.4, -0.2) is 90.0 Å². The van der Waals surface area contributed by atoms with E-state index < -0.39 is 15.9 Å². The van der Waals surface area contributed by atoms with Crippen LogP contribution < -0.4 is 9.46 Å². The summed E-state index contributed by atoms with van der Waals surface area (Å²) in [5, 5.41) is 5.98. The molecule has 2 aromatic heterocycles. The molecule has 0 spiro atoms. The molecule has 2 aromatic carbocycles. The monoisotopic (exact) mass is 810 g/mol. The first-order chi connectivity index (χ1) is 27.8. The Morgan fingerprint density at radius 1 is 1.00 bits per heavy atom. The van der Waals surface area contributed by atoms with Crippen LogP contribution in [0.4, 0.5) is 0 Å². The minimum atomic E-state index is -3.83. The molecule has 12 heteroatoms. The molecule has 3 heterocycles. The molecule has 2 atom stereocenters. The maximum atomic E-state index is 14.5. The molecule has 2 unspecified atom stereocenters. The molecule has 11 nitrogen and oxygen atoms in total. The molecule has 1 aliphatic heterocycles. The van der Waals surface area contributed by atoms with E-state index in [0.29, 0.717) is 36.7 Å². The van der Waals surface area contributed by atoms with Gasteiger partial charge >= 0.3 is 0 Å². The van der Waals surface area contributed by atoms with Gasteiger partial charge in [-0.2, -0.15) is 5.10 Å². The number of nitrogens with one attached hydrogen (secondary N) is 1. The number of carbonyl (C=O) groups is 2. The fourth-order valence-corrected chi connectivity index (χ4v) is 10.8. The molecule has 0 bridgehead atoms. The highest BCUT2D eigenvalue weighted by molar-refractivity contribution is 7.90. The Kier molecular flexibility index (Phi) is 12.5. The molecular weight excluding hydrogens is 749 g/mol. The number of methoxy groups -OCH3 is 1. The van der Waals surface area contributed by atoms with E-state index in [1.807, 2.05) is 57.0 Å². The average molecular weight is 811 g/mol. The quantitative estimate of drug-likeness (QED) is 0.135. The molecule has 3 aliphatic rings. The SMILES string of the molecule is C/C=C(\Cn1c(-c2ccc(OC)cc2)c(C2CCCCC2)c2ccc(C(=O)NS(=O)(=O)CC(C)C)cc21)c1c(C(=O)N(C)CC2CCC(C)N2C)cnn1C1CCC1. The van der Waals surface area contributed by atoms with Crippen molar-refractivity contribution in [3.05, 3.63) is 77.1 Å². The van der Waals surface area contributed by atoms with Gasteiger partial charge in [-0.15, -0.1) is 0 Å². The summed E-state index contributed by atoms with van der Waals surface area (Å²) in [4.78, 5) is 32.5. The zero-order valence-electron chi connectivity index (χ0n) is 35.5. The predicted molar refractivity (Wildman–Crippen MR) is 232 cm³/mol. The number of fused-ring (bicyclic) bond motifs is 1. The number of aromatic nitrogens is 3. The van der Waals surface area contributed by atoms with Crippen LogP contribution in [0.15, 0.2) is 54.7 Å². The number of benzene rings is 2. The zero-order chi connectivity index (χ0) is 41.3. The number of sulfonamides is 1. The molecular formula is C46H62N6O5S. The smallest absolute Gasteiger partial charge is 0.264 e. The fraction of sp³-hybridized carbons (Fsp3) is 0.543. The van der Waals surface area contributed by atoms with E-state index in [0.717, 1.165) is 97.0 Å². The summed E-state index contributed by atoms with van der Waals surface area (Å²) in [5.41, 5.74) is 6.85. The van der Waals surface area contributed by atoms with Crippen molar-refractivity contribution in [1.82, 2.24) is 28.9 Å². The van der Waals surface area contributed by atoms with Crippen LogP contribution >= 0.6 is 0 Å². The third kappa shape index (κ3) is 8.50. The van der Waals surface area contributed by atoms with Crippen molar-refractivity contribution in [3.63, 3.8) is 0 Å². The van der Waals surface area contributed by atoms with Gasteiger partial charge < -0.3 is 14.2 Å². The van der Waals surface area contributed by atoms with Gasteiger partial charge in [0.25, 0.3) is 11.8 Å². The molecule has 2 aliphatic carbocycles. The Hall–Kier alpha value is -4.42. The van der Waals surface area contributed by atoms with Crippen molar-refractivity contribution in [1.29, 1.82) is 0 Å². The van der Waals surface area contributed by atoms with Gasteiger partial charge in [0.2, 0.25) is 10.0 Å². The normalized spacial score (nSPS) is 19.8. The van der Waals surface area contributed by atoms with Gasteiger partial charge in [0, 0.05) is 48.7 Å². The van der Waals surface area contributed by atoms with Crippen molar-refractivity contribution in [2.45, 2.75) is 122 Å². The van der Waals surface area contributed by atoms with Crippen molar-refractivity contribution in [2.75, 3.05) is 33.5 Å². The Morgan fingerprint density at radius 3 is 2.33 bits per heavy atom. The first-order valence-corrected chi connectivity index (χ1v) is 23.0. The standard InChI is InChI=1S/C46H62N6O5S/c1-8-32(43-40(26-47-52(43)36-15-12-16-36)46(54)49(5)28-37-21-17-31(4)50(37)6)27-51-41-25-35(45(53)48-58(55,56)29-30(2)3)20-24-39(41)42(33-13-10-9-11-14-33)44(51)34-18-22-38(57-7)23-19-34/h8,18-20,22-26,30-31,33,36-37H,9-17,21,27-29H2,1-7H3,(H,48,53)/b32-8+. The number of ether oxygens (including phenoxy) is 1. The van der Waals surface area contributed by atoms with Gasteiger partial charge in [0.1, 0.15) is 5.75 Å². The van der Waals surface area contributed by atoms with Crippen LogP contribution in [0.2, 0.25) is 0 Å². The maximum absolute atomic E-state index is 14.5. The Morgan fingerprint density at radius 2 is 1.72 bits per heavy atom. The number of carbonyl (C=O) groups excluding carboxylic acids is 2. The van der Waals surface area contributed by atoms with E-state index in [-0.39, 0.29) is 29.2 Å². The molecule has 2 saturated carbocycles. The predicted octanol–water partition coefficient (Wildman–Crippen LogP) is 8.66. The van der Waals surface area contributed by atoms with Gasteiger partial charge in [0.05, 0.1) is 42.1 Å².